The van der Waals surface area contributed by atoms with Gasteiger partial charge < -0.3 is 24.1 Å². The Balaban J connectivity index is 0.977. The molecule has 9 nitrogen and oxygen atoms in total. The second-order valence-corrected chi connectivity index (χ2v) is 21.6. The quantitative estimate of drug-likeness (QED) is 0.176. The van der Waals surface area contributed by atoms with Crippen molar-refractivity contribution >= 4 is 23.9 Å². The topological polar surface area (TPSA) is 125 Å². The number of hydrogen-bond donors (Lipinski definition) is 1. The summed E-state index contributed by atoms with van der Waals surface area (Å²) in [5.74, 6) is 1.75. The van der Waals surface area contributed by atoms with Crippen molar-refractivity contribution in [1.29, 1.82) is 0 Å². The Kier molecular flexibility index (Phi) is 7.82. The average molecular weight is 723 g/mol. The molecule has 11 rings (SSSR count). The fourth-order valence-electron chi connectivity index (χ4n) is 15.0. The van der Waals surface area contributed by atoms with Crippen LogP contribution in [-0.4, -0.2) is 58.0 Å². The van der Waals surface area contributed by atoms with Crippen molar-refractivity contribution in [2.75, 3.05) is 0 Å². The Morgan fingerprint density at radius 1 is 0.769 bits per heavy atom. The highest BCUT2D eigenvalue weighted by Crippen LogP contribution is 2.62. The first kappa shape index (κ1) is 35.5. The lowest BCUT2D eigenvalue weighted by atomic mass is 9.50. The van der Waals surface area contributed by atoms with Crippen LogP contribution in [0.25, 0.3) is 0 Å². The van der Waals surface area contributed by atoms with Crippen LogP contribution in [-0.2, 0) is 38.1 Å². The van der Waals surface area contributed by atoms with Crippen molar-refractivity contribution in [1.82, 2.24) is 0 Å². The first-order valence-electron chi connectivity index (χ1n) is 20.9. The first-order chi connectivity index (χ1) is 24.3. The molecule has 10 aliphatic carbocycles. The lowest BCUT2D eigenvalue weighted by Gasteiger charge is -2.60. The van der Waals surface area contributed by atoms with Crippen molar-refractivity contribution in [3.05, 3.63) is 0 Å². The van der Waals surface area contributed by atoms with E-state index in [-0.39, 0.29) is 60.6 Å². The van der Waals surface area contributed by atoms with Gasteiger partial charge in [0.05, 0.1) is 27.8 Å². The van der Waals surface area contributed by atoms with E-state index in [4.69, 9.17) is 18.9 Å². The smallest absolute Gasteiger partial charge is 0.312 e. The molecule has 0 aromatic rings. The zero-order valence-corrected chi connectivity index (χ0v) is 32.4. The molecule has 10 saturated carbocycles. The molecule has 1 saturated heterocycles. The number of carbonyl (C=O) groups is 4. The average Bonchev–Trinajstić information content (AvgIpc) is 3.67. The number of esters is 4. The van der Waals surface area contributed by atoms with Gasteiger partial charge in [0.15, 0.2) is 0 Å². The predicted octanol–water partition coefficient (Wildman–Crippen LogP) is 7.09. The Morgan fingerprint density at radius 3 is 1.98 bits per heavy atom. The van der Waals surface area contributed by atoms with Gasteiger partial charge in [-0.2, -0.15) is 0 Å². The maximum atomic E-state index is 15.0. The number of aliphatic hydroxyl groups is 1. The highest BCUT2D eigenvalue weighted by atomic mass is 16.6. The fraction of sp³-hybridized carbons (Fsp3) is 0.907. The van der Waals surface area contributed by atoms with Gasteiger partial charge >= 0.3 is 23.9 Å². The SMILES string of the molecule is CCC(C)(CC(C)(CC(C)(C)C(=O)OC12CC3CC(CC(O)(C3)C1)C2)C(=O)OC1(C)C2CC3CC(C2)CC1C3)C(=O)OC1C2CC3C(=O)OC1C3C2. The van der Waals surface area contributed by atoms with Gasteiger partial charge in [0, 0.05) is 18.3 Å². The van der Waals surface area contributed by atoms with Crippen LogP contribution < -0.4 is 0 Å². The fourth-order valence-corrected chi connectivity index (χ4v) is 15.0. The van der Waals surface area contributed by atoms with E-state index in [0.717, 1.165) is 76.0 Å². The highest BCUT2D eigenvalue weighted by Gasteiger charge is 2.65. The predicted molar refractivity (Wildman–Crippen MR) is 189 cm³/mol. The summed E-state index contributed by atoms with van der Waals surface area (Å²) in [6.07, 6.45) is 11.8. The number of hydrogen-bond acceptors (Lipinski definition) is 9. The van der Waals surface area contributed by atoms with E-state index >= 15 is 4.79 Å². The molecular formula is C43H62O9. The molecule has 10 bridgehead atoms. The number of fused-ring (bicyclic) bond motifs is 1. The second-order valence-electron chi connectivity index (χ2n) is 21.6. The summed E-state index contributed by atoms with van der Waals surface area (Å²) in [4.78, 5) is 56.2. The van der Waals surface area contributed by atoms with Gasteiger partial charge in [-0.05, 0) is 166 Å². The second kappa shape index (κ2) is 11.4. The molecule has 1 aliphatic heterocycles. The Hall–Kier alpha value is -2.16. The zero-order valence-electron chi connectivity index (χ0n) is 32.4. The van der Waals surface area contributed by atoms with Gasteiger partial charge in [-0.3, -0.25) is 19.2 Å². The van der Waals surface area contributed by atoms with Gasteiger partial charge in [0.1, 0.15) is 23.4 Å². The van der Waals surface area contributed by atoms with Gasteiger partial charge in [-0.15, -0.1) is 0 Å². The van der Waals surface area contributed by atoms with Crippen LogP contribution >= 0.6 is 0 Å². The third kappa shape index (κ3) is 5.44. The van der Waals surface area contributed by atoms with E-state index in [1.54, 1.807) is 0 Å². The monoisotopic (exact) mass is 722 g/mol. The summed E-state index contributed by atoms with van der Waals surface area (Å²) in [5.41, 5.74) is -5.32. The van der Waals surface area contributed by atoms with Gasteiger partial charge in [-0.25, -0.2) is 0 Å². The van der Waals surface area contributed by atoms with Gasteiger partial charge in [-0.1, -0.05) is 6.92 Å². The standard InChI is InChI=1S/C43H62O9/c1-7-39(4,36(46)50-32-27-14-30-31(15-27)34(44)49-33(30)32)21-40(5,37(47)51-41(6)28-10-23-8-24(12-28)13-29(41)11-23)20-38(2,3)35(45)52-43-18-25-9-26(19-43)17-42(48,16-25)22-43/h23-33,48H,7-22H2,1-6H3. The van der Waals surface area contributed by atoms with E-state index in [1.807, 2.05) is 34.6 Å². The summed E-state index contributed by atoms with van der Waals surface area (Å²) >= 11 is 0. The van der Waals surface area contributed by atoms with Crippen LogP contribution in [0.1, 0.15) is 144 Å². The lowest BCUT2D eigenvalue weighted by molar-refractivity contribution is -0.227. The molecule has 0 aromatic heterocycles. The van der Waals surface area contributed by atoms with Crippen LogP contribution in [0.3, 0.4) is 0 Å². The molecule has 9 atom stereocenters. The largest absolute Gasteiger partial charge is 0.459 e. The normalized spacial score (nSPS) is 48.3. The molecule has 11 fully saturated rings. The summed E-state index contributed by atoms with van der Waals surface area (Å²) in [7, 11) is 0. The molecule has 9 unspecified atom stereocenters. The minimum absolute atomic E-state index is 0.0737. The molecule has 52 heavy (non-hydrogen) atoms. The van der Waals surface area contributed by atoms with Gasteiger partial charge in [0.25, 0.3) is 0 Å². The van der Waals surface area contributed by atoms with Crippen LogP contribution in [0, 0.1) is 69.5 Å². The minimum Gasteiger partial charge on any atom is -0.459 e. The minimum atomic E-state index is -1.21. The Morgan fingerprint density at radius 2 is 1.38 bits per heavy atom. The summed E-state index contributed by atoms with van der Waals surface area (Å²) in [6.45, 7) is 11.6. The van der Waals surface area contributed by atoms with Crippen molar-refractivity contribution < 1.29 is 43.2 Å². The van der Waals surface area contributed by atoms with Crippen molar-refractivity contribution in [2.45, 2.75) is 173 Å². The van der Waals surface area contributed by atoms with E-state index < -0.39 is 39.2 Å². The summed E-state index contributed by atoms with van der Waals surface area (Å²) in [6, 6.07) is 0. The van der Waals surface area contributed by atoms with Crippen molar-refractivity contribution in [2.24, 2.45) is 69.5 Å². The number of carbonyl (C=O) groups excluding carboxylic acids is 4. The first-order valence-corrected chi connectivity index (χ1v) is 20.9. The molecule has 9 heteroatoms. The molecular weight excluding hydrogens is 660 g/mol. The Labute approximate surface area is 309 Å². The molecule has 11 aliphatic rings. The molecule has 0 aromatic carbocycles. The molecule has 0 radical (unpaired) electrons. The van der Waals surface area contributed by atoms with Crippen LogP contribution in [0.5, 0.6) is 0 Å². The number of rotatable bonds is 11. The lowest BCUT2D eigenvalue weighted by Crippen LogP contribution is -2.61. The number of ether oxygens (including phenoxy) is 4. The van der Waals surface area contributed by atoms with Gasteiger partial charge in [0.2, 0.25) is 0 Å². The molecule has 1 heterocycles. The van der Waals surface area contributed by atoms with E-state index in [1.165, 1.54) is 6.42 Å². The van der Waals surface area contributed by atoms with E-state index in [0.29, 0.717) is 42.9 Å². The van der Waals surface area contributed by atoms with Crippen molar-refractivity contribution in [3.63, 3.8) is 0 Å². The maximum absolute atomic E-state index is 15.0. The highest BCUT2D eigenvalue weighted by molar-refractivity contribution is 5.83. The maximum Gasteiger partial charge on any atom is 0.312 e. The van der Waals surface area contributed by atoms with Crippen LogP contribution in [0.4, 0.5) is 0 Å². The Bertz CT molecular complexity index is 1510. The van der Waals surface area contributed by atoms with E-state index in [9.17, 15) is 19.5 Å². The zero-order chi connectivity index (χ0) is 36.8. The van der Waals surface area contributed by atoms with Crippen molar-refractivity contribution in [3.8, 4) is 0 Å². The van der Waals surface area contributed by atoms with E-state index in [2.05, 4.69) is 6.92 Å². The summed E-state index contributed by atoms with van der Waals surface area (Å²) in [5, 5.41) is 11.4. The third-order valence-electron chi connectivity index (χ3n) is 16.9. The molecule has 0 spiro atoms. The molecule has 0 amide bonds. The third-order valence-corrected chi connectivity index (χ3v) is 16.9. The van der Waals surface area contributed by atoms with Crippen LogP contribution in [0.2, 0.25) is 0 Å². The molecule has 1 N–H and O–H groups in total. The molecule has 288 valence electrons. The van der Waals surface area contributed by atoms with Crippen LogP contribution in [0.15, 0.2) is 0 Å². The summed E-state index contributed by atoms with van der Waals surface area (Å²) < 4.78 is 25.4.